The van der Waals surface area contributed by atoms with E-state index >= 15 is 0 Å². The summed E-state index contributed by atoms with van der Waals surface area (Å²) in [4.78, 5) is 31.5. The summed E-state index contributed by atoms with van der Waals surface area (Å²) in [5.74, 6) is 0.184. The fraction of sp³-hybridized carbons (Fsp3) is 0.429. The smallest absolute Gasteiger partial charge is 0.262 e. The molecule has 5 rings (SSSR count). The number of thiophene rings is 2. The van der Waals surface area contributed by atoms with Crippen LogP contribution in [-0.2, 0) is 0 Å². The van der Waals surface area contributed by atoms with Gasteiger partial charge in [0.05, 0.1) is 30.4 Å². The first-order valence-corrected chi connectivity index (χ1v) is 17.0. The van der Waals surface area contributed by atoms with Gasteiger partial charge in [-0.05, 0) is 68.0 Å². The largest absolute Gasteiger partial charge is 0.274 e. The zero-order valence-electron chi connectivity index (χ0n) is 21.6. The van der Waals surface area contributed by atoms with Crippen molar-refractivity contribution in [2.75, 3.05) is 6.54 Å². The number of carbonyl (C=O) groups excluding carboxylic acids is 2. The van der Waals surface area contributed by atoms with Crippen molar-refractivity contribution in [1.82, 2.24) is 13.6 Å². The summed E-state index contributed by atoms with van der Waals surface area (Å²) in [5, 5.41) is 0. The van der Waals surface area contributed by atoms with Crippen LogP contribution in [0.25, 0.3) is 31.9 Å². The van der Waals surface area contributed by atoms with Gasteiger partial charge in [-0.2, -0.15) is 8.75 Å². The van der Waals surface area contributed by atoms with Crippen LogP contribution < -0.4 is 0 Å². The van der Waals surface area contributed by atoms with Crippen LogP contribution in [0.3, 0.4) is 0 Å². The van der Waals surface area contributed by atoms with E-state index in [0.29, 0.717) is 34.6 Å². The van der Waals surface area contributed by atoms with Crippen molar-refractivity contribution in [1.29, 1.82) is 0 Å². The number of fused-ring (bicyclic) bond motifs is 2. The number of nitrogens with zero attached hydrogens (tertiary/aromatic N) is 3. The molecule has 2 unspecified atom stereocenters. The molecule has 4 heterocycles. The SMILES string of the molecule is CCCCCCCC(C)C(C)CN1C(=O)c2c(c(-c3ccc(Br)s3)c3nsnc3c2-c2ccc(Br)s2)C1=O. The van der Waals surface area contributed by atoms with Gasteiger partial charge in [-0.3, -0.25) is 14.5 Å². The van der Waals surface area contributed by atoms with Crippen molar-refractivity contribution in [3.05, 3.63) is 43.0 Å². The van der Waals surface area contributed by atoms with Crippen molar-refractivity contribution in [2.24, 2.45) is 11.8 Å². The average Bonchev–Trinajstić information content (AvgIpc) is 3.68. The maximum atomic E-state index is 14.1. The van der Waals surface area contributed by atoms with Crippen LogP contribution in [0.15, 0.2) is 31.8 Å². The number of carbonyl (C=O) groups is 2. The molecule has 2 atom stereocenters. The third kappa shape index (κ3) is 5.31. The van der Waals surface area contributed by atoms with Gasteiger partial charge in [0.1, 0.15) is 11.0 Å². The van der Waals surface area contributed by atoms with E-state index in [4.69, 9.17) is 0 Å². The van der Waals surface area contributed by atoms with Crippen LogP contribution in [0.2, 0.25) is 0 Å². The number of aromatic nitrogens is 2. The molecule has 0 N–H and O–H groups in total. The molecule has 1 aliphatic rings. The minimum absolute atomic E-state index is 0.207. The fourth-order valence-electron chi connectivity index (χ4n) is 5.16. The van der Waals surface area contributed by atoms with Crippen LogP contribution in [0, 0.1) is 11.8 Å². The summed E-state index contributed by atoms with van der Waals surface area (Å²) in [6.07, 6.45) is 7.35. The Morgan fingerprint density at radius 3 is 1.76 bits per heavy atom. The monoisotopic (exact) mass is 693 g/mol. The van der Waals surface area contributed by atoms with Crippen LogP contribution in [0.4, 0.5) is 0 Å². The van der Waals surface area contributed by atoms with Gasteiger partial charge in [0, 0.05) is 27.4 Å². The maximum Gasteiger partial charge on any atom is 0.262 e. The predicted octanol–water partition coefficient (Wildman–Crippen LogP) is 9.90. The maximum absolute atomic E-state index is 14.1. The highest BCUT2D eigenvalue weighted by atomic mass is 79.9. The number of hydrogen-bond donors (Lipinski definition) is 0. The van der Waals surface area contributed by atoms with Gasteiger partial charge < -0.3 is 0 Å². The third-order valence-electron chi connectivity index (χ3n) is 7.47. The number of halogens is 2. The molecule has 0 fully saturated rings. The Bertz CT molecular complexity index is 1400. The lowest BCUT2D eigenvalue weighted by molar-refractivity contribution is 0.0617. The first-order valence-electron chi connectivity index (χ1n) is 13.0. The van der Waals surface area contributed by atoms with Gasteiger partial charge in [0.2, 0.25) is 0 Å². The highest BCUT2D eigenvalue weighted by Gasteiger charge is 2.43. The van der Waals surface area contributed by atoms with E-state index in [2.05, 4.69) is 61.4 Å². The van der Waals surface area contributed by atoms with E-state index in [1.807, 2.05) is 24.3 Å². The molecule has 1 aromatic carbocycles. The first-order chi connectivity index (χ1) is 18.3. The van der Waals surface area contributed by atoms with Crippen molar-refractivity contribution >= 4 is 89.1 Å². The molecule has 0 saturated carbocycles. The summed E-state index contributed by atoms with van der Waals surface area (Å²) in [6, 6.07) is 7.89. The number of rotatable bonds is 11. The molecule has 0 saturated heterocycles. The van der Waals surface area contributed by atoms with Crippen molar-refractivity contribution in [3.63, 3.8) is 0 Å². The van der Waals surface area contributed by atoms with Crippen molar-refractivity contribution in [3.8, 4) is 20.9 Å². The van der Waals surface area contributed by atoms with Gasteiger partial charge in [0.25, 0.3) is 11.8 Å². The molecule has 1 aliphatic heterocycles. The Kier molecular flexibility index (Phi) is 8.84. The predicted molar refractivity (Wildman–Crippen MR) is 167 cm³/mol. The normalized spacial score (nSPS) is 15.0. The topological polar surface area (TPSA) is 63.2 Å². The molecule has 200 valence electrons. The quantitative estimate of drug-likeness (QED) is 0.116. The van der Waals surface area contributed by atoms with Gasteiger partial charge in [0.15, 0.2) is 0 Å². The summed E-state index contributed by atoms with van der Waals surface area (Å²) >= 11 is 11.3. The zero-order valence-corrected chi connectivity index (χ0v) is 27.2. The van der Waals surface area contributed by atoms with E-state index in [1.165, 1.54) is 59.7 Å². The summed E-state index contributed by atoms with van der Waals surface area (Å²) in [6.45, 7) is 7.05. The number of imide groups is 1. The molecule has 0 spiro atoms. The Balaban J connectivity index is 1.55. The number of benzene rings is 1. The zero-order chi connectivity index (χ0) is 27.0. The lowest BCUT2D eigenvalue weighted by atomic mass is 9.90. The van der Waals surface area contributed by atoms with E-state index in [-0.39, 0.29) is 17.7 Å². The van der Waals surface area contributed by atoms with Gasteiger partial charge in [-0.25, -0.2) is 0 Å². The molecule has 2 amide bonds. The van der Waals surface area contributed by atoms with E-state index in [9.17, 15) is 9.59 Å². The lowest BCUT2D eigenvalue weighted by Crippen LogP contribution is -2.35. The van der Waals surface area contributed by atoms with Crippen molar-refractivity contribution in [2.45, 2.75) is 59.3 Å². The summed E-state index contributed by atoms with van der Waals surface area (Å²) < 4.78 is 11.2. The van der Waals surface area contributed by atoms with Crippen molar-refractivity contribution < 1.29 is 9.59 Å². The first kappa shape index (κ1) is 28.1. The van der Waals surface area contributed by atoms with Crippen LogP contribution in [0.5, 0.6) is 0 Å². The third-order valence-corrected chi connectivity index (χ3v) is 11.3. The molecule has 10 heteroatoms. The molecule has 3 aromatic heterocycles. The Morgan fingerprint density at radius 2 is 1.29 bits per heavy atom. The second-order valence-corrected chi connectivity index (χ2v) is 15.5. The molecular formula is C28H29Br2N3O2S3. The minimum atomic E-state index is -0.224. The Hall–Kier alpha value is -1.46. The van der Waals surface area contributed by atoms with E-state index < -0.39 is 0 Å². The van der Waals surface area contributed by atoms with E-state index in [0.717, 1.165) is 46.6 Å². The molecule has 5 nitrogen and oxygen atoms in total. The highest BCUT2D eigenvalue weighted by Crippen LogP contribution is 2.48. The molecule has 0 radical (unpaired) electrons. The Morgan fingerprint density at radius 1 is 0.763 bits per heavy atom. The second kappa shape index (κ2) is 12.0. The summed E-state index contributed by atoms with van der Waals surface area (Å²) in [5.41, 5.74) is 3.72. The van der Waals surface area contributed by atoms with Gasteiger partial charge in [-0.1, -0.05) is 59.3 Å². The van der Waals surface area contributed by atoms with Gasteiger partial charge in [-0.15, -0.1) is 22.7 Å². The standard InChI is InChI=1S/C28H29Br2N3O2S3/c1-4-5-6-7-8-9-15(2)16(3)14-33-27(34)23-21(17-10-12-19(29)36-17)25-26(32-38-31-25)22(24(23)28(33)35)18-11-13-20(30)37-18/h10-13,15-16H,4-9,14H2,1-3H3. The highest BCUT2D eigenvalue weighted by molar-refractivity contribution is 9.11. The van der Waals surface area contributed by atoms with Crippen LogP contribution >= 0.6 is 66.3 Å². The molecule has 4 aromatic rings. The minimum Gasteiger partial charge on any atom is -0.274 e. The molecule has 38 heavy (non-hydrogen) atoms. The fourth-order valence-corrected chi connectivity index (χ4v) is 8.59. The lowest BCUT2D eigenvalue weighted by Gasteiger charge is -2.24. The molecule has 0 aliphatic carbocycles. The van der Waals surface area contributed by atoms with E-state index in [1.54, 1.807) is 0 Å². The summed E-state index contributed by atoms with van der Waals surface area (Å²) in [7, 11) is 0. The second-order valence-electron chi connectivity index (χ2n) is 10.0. The molecular weight excluding hydrogens is 666 g/mol. The number of amides is 2. The van der Waals surface area contributed by atoms with Crippen LogP contribution in [0.1, 0.15) is 80.0 Å². The number of unbranched alkanes of at least 4 members (excludes halogenated alkanes) is 4. The Labute approximate surface area is 252 Å². The average molecular weight is 696 g/mol. The molecule has 0 bridgehead atoms. The van der Waals surface area contributed by atoms with Gasteiger partial charge >= 0.3 is 0 Å². The number of hydrogen-bond acceptors (Lipinski definition) is 7. The van der Waals surface area contributed by atoms with Crippen LogP contribution in [-0.4, -0.2) is 32.0 Å².